The number of amides is 2. The molecule has 1 fully saturated rings. The number of anilines is 2. The highest BCUT2D eigenvalue weighted by atomic mass is 16.2. The molecule has 0 radical (unpaired) electrons. The standard InChI is InChI=1S/C25H26N4O2/c30-24(20-11-5-2-6-12-20)28-22(17-19-9-3-1-4-10-19)25(31)27-21-13-14-23(26-18-21)29-15-7-8-16-29/h1-6,9-14,18,22H,7-8,15-17H2,(H,27,31)(H,28,30)/t22-/m1/s1. The van der Waals surface area contributed by atoms with Crippen LogP contribution in [0.2, 0.25) is 0 Å². The molecule has 31 heavy (non-hydrogen) atoms. The summed E-state index contributed by atoms with van der Waals surface area (Å²) < 4.78 is 0. The lowest BCUT2D eigenvalue weighted by Crippen LogP contribution is -2.45. The Morgan fingerprint density at radius 2 is 1.58 bits per heavy atom. The molecule has 3 aromatic rings. The zero-order valence-electron chi connectivity index (χ0n) is 17.3. The van der Waals surface area contributed by atoms with Crippen LogP contribution in [0, 0.1) is 0 Å². The molecule has 0 aliphatic carbocycles. The maximum absolute atomic E-state index is 13.1. The van der Waals surface area contributed by atoms with Crippen LogP contribution in [-0.4, -0.2) is 35.9 Å². The molecule has 2 aromatic carbocycles. The van der Waals surface area contributed by atoms with Gasteiger partial charge in [0.15, 0.2) is 0 Å². The predicted octanol–water partition coefficient (Wildman–Crippen LogP) is 3.66. The summed E-state index contributed by atoms with van der Waals surface area (Å²) in [7, 11) is 0. The Morgan fingerprint density at radius 1 is 0.903 bits per heavy atom. The van der Waals surface area contributed by atoms with Crippen molar-refractivity contribution in [3.05, 3.63) is 90.1 Å². The van der Waals surface area contributed by atoms with Crippen molar-refractivity contribution >= 4 is 23.3 Å². The fourth-order valence-electron chi connectivity index (χ4n) is 3.71. The smallest absolute Gasteiger partial charge is 0.251 e. The van der Waals surface area contributed by atoms with E-state index in [1.807, 2.05) is 48.5 Å². The van der Waals surface area contributed by atoms with Crippen LogP contribution in [0.25, 0.3) is 0 Å². The molecule has 2 N–H and O–H groups in total. The highest BCUT2D eigenvalue weighted by molar-refractivity contribution is 6.01. The van der Waals surface area contributed by atoms with E-state index in [2.05, 4.69) is 20.5 Å². The van der Waals surface area contributed by atoms with Crippen molar-refractivity contribution in [2.75, 3.05) is 23.3 Å². The Labute approximate surface area is 182 Å². The van der Waals surface area contributed by atoms with E-state index >= 15 is 0 Å². The Bertz CT molecular complexity index is 1000. The number of rotatable bonds is 7. The quantitative estimate of drug-likeness (QED) is 0.619. The van der Waals surface area contributed by atoms with Crippen molar-refractivity contribution in [3.63, 3.8) is 0 Å². The summed E-state index contributed by atoms with van der Waals surface area (Å²) in [5.41, 5.74) is 2.10. The topological polar surface area (TPSA) is 74.3 Å². The summed E-state index contributed by atoms with van der Waals surface area (Å²) in [6.07, 6.45) is 4.43. The number of pyridine rings is 1. The van der Waals surface area contributed by atoms with Crippen molar-refractivity contribution in [1.29, 1.82) is 0 Å². The molecular formula is C25H26N4O2. The lowest BCUT2D eigenvalue weighted by atomic mass is 10.0. The van der Waals surface area contributed by atoms with Gasteiger partial charge in [-0.05, 0) is 42.7 Å². The van der Waals surface area contributed by atoms with Crippen LogP contribution in [-0.2, 0) is 11.2 Å². The van der Waals surface area contributed by atoms with Gasteiger partial charge in [0.05, 0.1) is 11.9 Å². The minimum absolute atomic E-state index is 0.274. The Balaban J connectivity index is 1.47. The number of hydrogen-bond acceptors (Lipinski definition) is 4. The van der Waals surface area contributed by atoms with Crippen molar-refractivity contribution in [2.45, 2.75) is 25.3 Å². The fraction of sp³-hybridized carbons (Fsp3) is 0.240. The average molecular weight is 415 g/mol. The normalized spacial score (nSPS) is 14.1. The van der Waals surface area contributed by atoms with Gasteiger partial charge in [-0.2, -0.15) is 0 Å². The molecule has 1 aromatic heterocycles. The van der Waals surface area contributed by atoms with Crippen LogP contribution < -0.4 is 15.5 Å². The Hall–Kier alpha value is -3.67. The number of nitrogens with zero attached hydrogens (tertiary/aromatic N) is 2. The number of carbonyl (C=O) groups excluding carboxylic acids is 2. The van der Waals surface area contributed by atoms with Gasteiger partial charge < -0.3 is 15.5 Å². The maximum atomic E-state index is 13.1. The molecule has 2 amide bonds. The van der Waals surface area contributed by atoms with E-state index in [0.29, 0.717) is 17.7 Å². The first kappa shape index (κ1) is 20.6. The molecule has 1 aliphatic rings. The zero-order chi connectivity index (χ0) is 21.5. The second-order valence-corrected chi connectivity index (χ2v) is 7.67. The lowest BCUT2D eigenvalue weighted by Gasteiger charge is -2.20. The molecule has 6 heteroatoms. The monoisotopic (exact) mass is 414 g/mol. The van der Waals surface area contributed by atoms with Crippen LogP contribution in [0.1, 0.15) is 28.8 Å². The van der Waals surface area contributed by atoms with Crippen molar-refractivity contribution in [2.24, 2.45) is 0 Å². The van der Waals surface area contributed by atoms with Crippen LogP contribution in [0.4, 0.5) is 11.5 Å². The van der Waals surface area contributed by atoms with Gasteiger partial charge in [0.25, 0.3) is 5.91 Å². The number of aromatic nitrogens is 1. The second-order valence-electron chi connectivity index (χ2n) is 7.67. The molecule has 0 unspecified atom stereocenters. The molecule has 6 nitrogen and oxygen atoms in total. The largest absolute Gasteiger partial charge is 0.357 e. The predicted molar refractivity (Wildman–Crippen MR) is 122 cm³/mol. The fourth-order valence-corrected chi connectivity index (χ4v) is 3.71. The van der Waals surface area contributed by atoms with Gasteiger partial charge >= 0.3 is 0 Å². The van der Waals surface area contributed by atoms with E-state index < -0.39 is 6.04 Å². The lowest BCUT2D eigenvalue weighted by molar-refractivity contribution is -0.118. The van der Waals surface area contributed by atoms with Gasteiger partial charge in [0.2, 0.25) is 5.91 Å². The number of benzene rings is 2. The van der Waals surface area contributed by atoms with Crippen molar-refractivity contribution in [1.82, 2.24) is 10.3 Å². The minimum atomic E-state index is -0.714. The molecule has 0 bridgehead atoms. The van der Waals surface area contributed by atoms with E-state index in [1.165, 1.54) is 12.8 Å². The van der Waals surface area contributed by atoms with Gasteiger partial charge in [-0.3, -0.25) is 9.59 Å². The van der Waals surface area contributed by atoms with Crippen molar-refractivity contribution in [3.8, 4) is 0 Å². The molecule has 1 atom stereocenters. The number of hydrogen-bond donors (Lipinski definition) is 2. The molecule has 1 aliphatic heterocycles. The Morgan fingerprint density at radius 3 is 2.23 bits per heavy atom. The minimum Gasteiger partial charge on any atom is -0.357 e. The van der Waals surface area contributed by atoms with Gasteiger partial charge in [-0.25, -0.2) is 4.98 Å². The highest BCUT2D eigenvalue weighted by Crippen LogP contribution is 2.19. The van der Waals surface area contributed by atoms with Crippen LogP contribution in [0.15, 0.2) is 79.0 Å². The number of carbonyl (C=O) groups is 2. The summed E-state index contributed by atoms with van der Waals surface area (Å²) in [5, 5.41) is 5.78. The summed E-state index contributed by atoms with van der Waals surface area (Å²) in [5.74, 6) is 0.372. The van der Waals surface area contributed by atoms with E-state index in [9.17, 15) is 9.59 Å². The first-order valence-electron chi connectivity index (χ1n) is 10.6. The van der Waals surface area contributed by atoms with Crippen molar-refractivity contribution < 1.29 is 9.59 Å². The number of nitrogens with one attached hydrogen (secondary N) is 2. The first-order valence-corrected chi connectivity index (χ1v) is 10.6. The molecule has 0 spiro atoms. The third kappa shape index (κ3) is 5.48. The van der Waals surface area contributed by atoms with Gasteiger partial charge in [-0.1, -0.05) is 48.5 Å². The molecule has 158 valence electrons. The van der Waals surface area contributed by atoms with Gasteiger partial charge in [-0.15, -0.1) is 0 Å². The van der Waals surface area contributed by atoms with Gasteiger partial charge in [0, 0.05) is 25.1 Å². The molecule has 2 heterocycles. The SMILES string of the molecule is O=C(N[C@H](Cc1ccccc1)C(=O)Nc1ccc(N2CCCC2)nc1)c1ccccc1. The van der Waals surface area contributed by atoms with E-state index in [0.717, 1.165) is 24.5 Å². The third-order valence-corrected chi connectivity index (χ3v) is 5.39. The van der Waals surface area contributed by atoms with Crippen LogP contribution >= 0.6 is 0 Å². The summed E-state index contributed by atoms with van der Waals surface area (Å²) in [6.45, 7) is 2.03. The van der Waals surface area contributed by atoms with Crippen LogP contribution in [0.5, 0.6) is 0 Å². The molecule has 4 rings (SSSR count). The highest BCUT2D eigenvalue weighted by Gasteiger charge is 2.22. The first-order chi connectivity index (χ1) is 15.2. The maximum Gasteiger partial charge on any atom is 0.251 e. The summed E-state index contributed by atoms with van der Waals surface area (Å²) in [4.78, 5) is 32.5. The third-order valence-electron chi connectivity index (χ3n) is 5.39. The average Bonchev–Trinajstić information content (AvgIpc) is 3.35. The second kappa shape index (κ2) is 9.89. The van der Waals surface area contributed by atoms with E-state index in [-0.39, 0.29) is 11.8 Å². The summed E-state index contributed by atoms with van der Waals surface area (Å²) in [6, 6.07) is 21.6. The zero-order valence-corrected chi connectivity index (χ0v) is 17.3. The molecule has 1 saturated heterocycles. The van der Waals surface area contributed by atoms with E-state index in [1.54, 1.807) is 30.5 Å². The Kier molecular flexibility index (Phi) is 6.57. The van der Waals surface area contributed by atoms with Crippen LogP contribution in [0.3, 0.4) is 0 Å². The molecular weight excluding hydrogens is 388 g/mol. The summed E-state index contributed by atoms with van der Waals surface area (Å²) >= 11 is 0. The molecule has 0 saturated carbocycles. The van der Waals surface area contributed by atoms with Gasteiger partial charge in [0.1, 0.15) is 11.9 Å². The van der Waals surface area contributed by atoms with E-state index in [4.69, 9.17) is 0 Å².